The largest absolute Gasteiger partial charge is 0.481 e. The van der Waals surface area contributed by atoms with Gasteiger partial charge >= 0.3 is 5.97 Å². The predicted molar refractivity (Wildman–Crippen MR) is 49.9 cm³/mol. The number of aryl methyl sites for hydroxylation is 1. The second-order valence-electron chi connectivity index (χ2n) is 3.64. The smallest absolute Gasteiger partial charge is 0.310 e. The molecule has 1 fully saturated rings. The summed E-state index contributed by atoms with van der Waals surface area (Å²) >= 11 is 1.56. The van der Waals surface area contributed by atoms with E-state index in [2.05, 4.69) is 4.98 Å². The predicted octanol–water partition coefficient (Wildman–Crippen LogP) is 1.86. The van der Waals surface area contributed by atoms with Crippen LogP contribution in [-0.2, 0) is 11.2 Å². The van der Waals surface area contributed by atoms with Crippen LogP contribution in [0.2, 0.25) is 0 Å². The number of hydrogen-bond acceptors (Lipinski definition) is 3. The summed E-state index contributed by atoms with van der Waals surface area (Å²) in [4.78, 5) is 15.1. The van der Waals surface area contributed by atoms with Crippen LogP contribution in [0, 0.1) is 12.3 Å². The molecule has 1 aliphatic rings. The Morgan fingerprint density at radius 1 is 1.77 bits per heavy atom. The molecular formula is C9H11NO2S. The maximum atomic E-state index is 10.9. The molecule has 0 aliphatic heterocycles. The lowest BCUT2D eigenvalue weighted by Gasteiger charge is -2.05. The number of carboxylic acids is 1. The molecule has 1 heterocycles. The standard InChI is InChI=1S/C9H11NO2S/c1-6-5-13-7(10-6)4-9(2-3-9)8(11)12/h5H,2-4H2,1H3,(H,11,12). The summed E-state index contributed by atoms with van der Waals surface area (Å²) < 4.78 is 0. The number of hydrogen-bond donors (Lipinski definition) is 1. The Morgan fingerprint density at radius 3 is 2.85 bits per heavy atom. The molecule has 2 rings (SSSR count). The molecule has 1 N–H and O–H groups in total. The molecule has 0 spiro atoms. The van der Waals surface area contributed by atoms with Gasteiger partial charge in [-0.3, -0.25) is 4.79 Å². The van der Waals surface area contributed by atoms with E-state index < -0.39 is 11.4 Å². The second kappa shape index (κ2) is 2.80. The first-order valence-corrected chi connectivity index (χ1v) is 5.15. The summed E-state index contributed by atoms with van der Waals surface area (Å²) in [5, 5.41) is 11.9. The van der Waals surface area contributed by atoms with Crippen LogP contribution in [0.4, 0.5) is 0 Å². The normalized spacial score (nSPS) is 18.5. The maximum Gasteiger partial charge on any atom is 0.310 e. The van der Waals surface area contributed by atoms with Crippen molar-refractivity contribution < 1.29 is 9.90 Å². The Kier molecular flexibility index (Phi) is 1.87. The van der Waals surface area contributed by atoms with Crippen LogP contribution in [0.25, 0.3) is 0 Å². The number of aliphatic carboxylic acids is 1. The zero-order chi connectivity index (χ0) is 9.47. The first-order valence-electron chi connectivity index (χ1n) is 4.27. The average Bonchev–Trinajstić information content (AvgIpc) is 2.72. The summed E-state index contributed by atoms with van der Waals surface area (Å²) in [7, 11) is 0. The van der Waals surface area contributed by atoms with Crippen LogP contribution >= 0.6 is 11.3 Å². The highest BCUT2D eigenvalue weighted by Gasteiger charge is 2.50. The Bertz CT molecular complexity index is 341. The third-order valence-corrected chi connectivity index (χ3v) is 3.43. The number of carboxylic acid groups (broad SMARTS) is 1. The Hall–Kier alpha value is -0.900. The van der Waals surface area contributed by atoms with Gasteiger partial charge in [-0.05, 0) is 19.8 Å². The van der Waals surface area contributed by atoms with E-state index in [1.807, 2.05) is 12.3 Å². The van der Waals surface area contributed by atoms with E-state index in [1.54, 1.807) is 11.3 Å². The van der Waals surface area contributed by atoms with Gasteiger partial charge in [-0.1, -0.05) is 0 Å². The molecule has 0 aromatic carbocycles. The van der Waals surface area contributed by atoms with Gasteiger partial charge in [-0.25, -0.2) is 4.98 Å². The zero-order valence-corrected chi connectivity index (χ0v) is 8.23. The fraction of sp³-hybridized carbons (Fsp3) is 0.556. The van der Waals surface area contributed by atoms with Crippen molar-refractivity contribution in [2.45, 2.75) is 26.2 Å². The fourth-order valence-electron chi connectivity index (χ4n) is 1.39. The molecule has 70 valence electrons. The monoisotopic (exact) mass is 197 g/mol. The number of carbonyl (C=O) groups is 1. The molecule has 1 saturated carbocycles. The van der Waals surface area contributed by atoms with Crippen molar-refractivity contribution in [1.82, 2.24) is 4.98 Å². The van der Waals surface area contributed by atoms with Gasteiger partial charge in [0.1, 0.15) is 0 Å². The van der Waals surface area contributed by atoms with Gasteiger partial charge in [0.05, 0.1) is 10.4 Å². The van der Waals surface area contributed by atoms with E-state index in [1.165, 1.54) is 0 Å². The summed E-state index contributed by atoms with van der Waals surface area (Å²) in [6, 6.07) is 0. The summed E-state index contributed by atoms with van der Waals surface area (Å²) in [5.74, 6) is -0.666. The minimum atomic E-state index is -0.666. The first-order chi connectivity index (χ1) is 6.12. The lowest BCUT2D eigenvalue weighted by atomic mass is 10.0. The van der Waals surface area contributed by atoms with Gasteiger partial charge < -0.3 is 5.11 Å². The van der Waals surface area contributed by atoms with Crippen molar-refractivity contribution in [1.29, 1.82) is 0 Å². The molecule has 0 amide bonds. The third-order valence-electron chi connectivity index (χ3n) is 2.46. The van der Waals surface area contributed by atoms with Crippen molar-refractivity contribution in [2.75, 3.05) is 0 Å². The minimum Gasteiger partial charge on any atom is -0.481 e. The van der Waals surface area contributed by atoms with Gasteiger partial charge in [-0.15, -0.1) is 11.3 Å². The van der Waals surface area contributed by atoms with Crippen molar-refractivity contribution in [2.24, 2.45) is 5.41 Å². The van der Waals surface area contributed by atoms with Crippen LogP contribution in [0.5, 0.6) is 0 Å². The highest BCUT2D eigenvalue weighted by Crippen LogP contribution is 2.48. The van der Waals surface area contributed by atoms with E-state index in [0.29, 0.717) is 6.42 Å². The van der Waals surface area contributed by atoms with Crippen LogP contribution < -0.4 is 0 Å². The van der Waals surface area contributed by atoms with Crippen LogP contribution in [0.1, 0.15) is 23.5 Å². The Balaban J connectivity index is 2.10. The maximum absolute atomic E-state index is 10.9. The lowest BCUT2D eigenvalue weighted by molar-refractivity contribution is -0.143. The summed E-state index contributed by atoms with van der Waals surface area (Å²) in [6.07, 6.45) is 2.22. The van der Waals surface area contributed by atoms with Gasteiger partial charge in [0, 0.05) is 17.5 Å². The molecule has 1 aromatic heterocycles. The minimum absolute atomic E-state index is 0.468. The van der Waals surface area contributed by atoms with Gasteiger partial charge in [0.2, 0.25) is 0 Å². The van der Waals surface area contributed by atoms with Gasteiger partial charge in [0.25, 0.3) is 0 Å². The summed E-state index contributed by atoms with van der Waals surface area (Å²) in [6.45, 7) is 1.93. The SMILES string of the molecule is Cc1csc(CC2(C(=O)O)CC2)n1. The highest BCUT2D eigenvalue weighted by molar-refractivity contribution is 7.09. The van der Waals surface area contributed by atoms with Crippen molar-refractivity contribution in [3.63, 3.8) is 0 Å². The average molecular weight is 197 g/mol. The molecule has 0 bridgehead atoms. The molecule has 0 atom stereocenters. The Labute approximate surface area is 80.4 Å². The number of thiazole rings is 1. The lowest BCUT2D eigenvalue weighted by Crippen LogP contribution is -2.17. The summed E-state index contributed by atoms with van der Waals surface area (Å²) in [5.41, 5.74) is 0.519. The quantitative estimate of drug-likeness (QED) is 0.804. The highest BCUT2D eigenvalue weighted by atomic mass is 32.1. The van der Waals surface area contributed by atoms with Crippen molar-refractivity contribution in [3.05, 3.63) is 16.1 Å². The van der Waals surface area contributed by atoms with Gasteiger partial charge in [-0.2, -0.15) is 0 Å². The third kappa shape index (κ3) is 1.58. The molecule has 1 aliphatic carbocycles. The molecule has 1 aromatic rings. The van der Waals surface area contributed by atoms with E-state index >= 15 is 0 Å². The molecule has 0 saturated heterocycles. The van der Waals surface area contributed by atoms with Crippen LogP contribution in [-0.4, -0.2) is 16.1 Å². The fourth-order valence-corrected chi connectivity index (χ4v) is 2.31. The molecule has 3 nitrogen and oxygen atoms in total. The van der Waals surface area contributed by atoms with Crippen LogP contribution in [0.15, 0.2) is 5.38 Å². The number of aromatic nitrogens is 1. The first kappa shape index (κ1) is 8.69. The van der Waals surface area contributed by atoms with E-state index in [-0.39, 0.29) is 0 Å². The number of nitrogens with zero attached hydrogens (tertiary/aromatic N) is 1. The molecular weight excluding hydrogens is 186 g/mol. The van der Waals surface area contributed by atoms with E-state index in [9.17, 15) is 4.79 Å². The van der Waals surface area contributed by atoms with Crippen LogP contribution in [0.3, 0.4) is 0 Å². The van der Waals surface area contributed by atoms with Crippen molar-refractivity contribution >= 4 is 17.3 Å². The Morgan fingerprint density at radius 2 is 2.46 bits per heavy atom. The van der Waals surface area contributed by atoms with Gasteiger partial charge in [0.15, 0.2) is 0 Å². The number of rotatable bonds is 3. The molecule has 0 radical (unpaired) electrons. The van der Waals surface area contributed by atoms with E-state index in [4.69, 9.17) is 5.11 Å². The topological polar surface area (TPSA) is 50.2 Å². The van der Waals surface area contributed by atoms with Crippen molar-refractivity contribution in [3.8, 4) is 0 Å². The molecule has 13 heavy (non-hydrogen) atoms. The zero-order valence-electron chi connectivity index (χ0n) is 7.41. The molecule has 4 heteroatoms. The second-order valence-corrected chi connectivity index (χ2v) is 4.59. The van der Waals surface area contributed by atoms with E-state index in [0.717, 1.165) is 23.5 Å². The molecule has 0 unspecified atom stereocenters.